The third-order valence-electron chi connectivity index (χ3n) is 5.13. The zero-order chi connectivity index (χ0) is 24.9. The molecular weight excluding hydrogens is 475 g/mol. The number of pyridine rings is 1. The van der Waals surface area contributed by atoms with E-state index in [2.05, 4.69) is 4.98 Å². The van der Waals surface area contributed by atoms with Gasteiger partial charge in [0.2, 0.25) is 6.04 Å². The molecule has 11 heteroatoms. The zero-order valence-electron chi connectivity index (χ0n) is 17.8. The topological polar surface area (TPSA) is 85.6 Å². The number of hydrogen-bond donors (Lipinski definition) is 0. The number of nitro groups is 1. The molecule has 0 aliphatic rings. The lowest BCUT2D eigenvalue weighted by molar-refractivity contribution is -0.526. The molecule has 178 valence electrons. The van der Waals surface area contributed by atoms with E-state index < -0.39 is 29.1 Å². The molecule has 1 amide bonds. The molecule has 0 aliphatic heterocycles. The molecular formula is C23H19ClF3N3O4. The number of methoxy groups -OCH3 is 1. The van der Waals surface area contributed by atoms with Crippen molar-refractivity contribution in [2.75, 3.05) is 12.0 Å². The summed E-state index contributed by atoms with van der Waals surface area (Å²) in [5, 5.41) is 12.2. The van der Waals surface area contributed by atoms with Gasteiger partial charge in [0.15, 0.2) is 0 Å². The van der Waals surface area contributed by atoms with E-state index >= 15 is 0 Å². The fourth-order valence-electron chi connectivity index (χ4n) is 3.58. The molecule has 0 saturated heterocycles. The smallest absolute Gasteiger partial charge is 0.471 e. The summed E-state index contributed by atoms with van der Waals surface area (Å²) in [5.41, 5.74) is 0.236. The van der Waals surface area contributed by atoms with Gasteiger partial charge in [0.1, 0.15) is 16.9 Å². The second-order valence-corrected chi connectivity index (χ2v) is 7.59. The van der Waals surface area contributed by atoms with E-state index in [1.54, 1.807) is 6.07 Å². The summed E-state index contributed by atoms with van der Waals surface area (Å²) in [5.74, 6) is -1.90. The molecule has 0 N–H and O–H groups in total. The number of hydrogen-bond acceptors (Lipinski definition) is 5. The average molecular weight is 494 g/mol. The van der Waals surface area contributed by atoms with Crippen molar-refractivity contribution in [1.29, 1.82) is 0 Å². The molecule has 0 unspecified atom stereocenters. The first-order valence-electron chi connectivity index (χ1n) is 9.95. The maximum absolute atomic E-state index is 13.7. The number of nitrogens with zero attached hydrogens (tertiary/aromatic N) is 3. The number of aromatic nitrogens is 1. The number of amides is 1. The Bertz CT molecular complexity index is 1140. The molecule has 2 aromatic carbocycles. The Balaban J connectivity index is 2.22. The van der Waals surface area contributed by atoms with E-state index in [1.165, 1.54) is 74.0 Å². The predicted octanol–water partition coefficient (Wildman–Crippen LogP) is 5.27. The first-order valence-corrected chi connectivity index (χ1v) is 10.3. The summed E-state index contributed by atoms with van der Waals surface area (Å²) in [7, 11) is 1.38. The molecule has 3 aromatic rings. The summed E-state index contributed by atoms with van der Waals surface area (Å²) < 4.78 is 46.3. The molecule has 0 spiro atoms. The van der Waals surface area contributed by atoms with Crippen molar-refractivity contribution in [3.05, 3.63) is 99.3 Å². The van der Waals surface area contributed by atoms with Crippen LogP contribution in [0.5, 0.6) is 5.75 Å². The summed E-state index contributed by atoms with van der Waals surface area (Å²) in [6.07, 6.45) is -4.27. The Labute approximate surface area is 197 Å². The van der Waals surface area contributed by atoms with E-state index in [0.29, 0.717) is 10.6 Å². The van der Waals surface area contributed by atoms with Crippen molar-refractivity contribution < 1.29 is 27.6 Å². The summed E-state index contributed by atoms with van der Waals surface area (Å²) in [4.78, 5) is 28.5. The Kier molecular flexibility index (Phi) is 7.72. The number of ether oxygens (including phenoxy) is 1. The van der Waals surface area contributed by atoms with E-state index in [4.69, 9.17) is 16.3 Å². The van der Waals surface area contributed by atoms with Gasteiger partial charge in [-0.3, -0.25) is 19.8 Å². The number of alkyl halides is 3. The van der Waals surface area contributed by atoms with Gasteiger partial charge in [-0.15, -0.1) is 0 Å². The highest BCUT2D eigenvalue weighted by atomic mass is 35.5. The van der Waals surface area contributed by atoms with Crippen molar-refractivity contribution in [2.45, 2.75) is 24.7 Å². The van der Waals surface area contributed by atoms with Crippen LogP contribution in [0, 0.1) is 10.1 Å². The minimum atomic E-state index is -5.29. The van der Waals surface area contributed by atoms with Gasteiger partial charge in [-0.05, 0) is 41.5 Å². The number of halogens is 4. The molecule has 1 heterocycles. The zero-order valence-corrected chi connectivity index (χ0v) is 18.5. The molecule has 0 radical (unpaired) electrons. The van der Waals surface area contributed by atoms with Gasteiger partial charge in [0.25, 0.3) is 0 Å². The third-order valence-corrected chi connectivity index (χ3v) is 5.47. The maximum Gasteiger partial charge on any atom is 0.471 e. The summed E-state index contributed by atoms with van der Waals surface area (Å²) in [6.45, 7) is 0. The van der Waals surface area contributed by atoms with Gasteiger partial charge in [0.05, 0.1) is 7.11 Å². The van der Waals surface area contributed by atoms with Gasteiger partial charge in [-0.1, -0.05) is 48.0 Å². The monoisotopic (exact) mass is 493 g/mol. The van der Waals surface area contributed by atoms with Gasteiger partial charge in [-0.25, -0.2) is 4.98 Å². The van der Waals surface area contributed by atoms with Crippen LogP contribution in [0.3, 0.4) is 0 Å². The molecule has 0 saturated carbocycles. The van der Waals surface area contributed by atoms with Crippen LogP contribution in [-0.4, -0.2) is 35.1 Å². The summed E-state index contributed by atoms with van der Waals surface area (Å²) >= 11 is 6.08. The largest absolute Gasteiger partial charge is 0.497 e. The quantitative estimate of drug-likeness (QED) is 0.242. The Morgan fingerprint density at radius 1 is 1.12 bits per heavy atom. The van der Waals surface area contributed by atoms with Gasteiger partial charge in [0, 0.05) is 23.2 Å². The molecule has 0 fully saturated rings. The Morgan fingerprint density at radius 3 is 2.29 bits per heavy atom. The molecule has 0 bridgehead atoms. The lowest BCUT2D eigenvalue weighted by Crippen LogP contribution is -2.49. The Morgan fingerprint density at radius 2 is 1.76 bits per heavy atom. The highest BCUT2D eigenvalue weighted by Crippen LogP contribution is 2.37. The fraction of sp³-hybridized carbons (Fsp3) is 0.217. The number of carbonyl (C=O) groups is 1. The van der Waals surface area contributed by atoms with Crippen molar-refractivity contribution in [2.24, 2.45) is 0 Å². The Hall–Kier alpha value is -3.66. The van der Waals surface area contributed by atoms with E-state index in [-0.39, 0.29) is 28.4 Å². The highest BCUT2D eigenvalue weighted by molar-refractivity contribution is 6.30. The molecule has 7 nitrogen and oxygen atoms in total. The van der Waals surface area contributed by atoms with E-state index in [0.717, 1.165) is 0 Å². The van der Waals surface area contributed by atoms with Crippen LogP contribution < -0.4 is 9.64 Å². The van der Waals surface area contributed by atoms with Gasteiger partial charge < -0.3 is 4.74 Å². The van der Waals surface area contributed by atoms with E-state index in [1.807, 2.05) is 0 Å². The van der Waals surface area contributed by atoms with Crippen LogP contribution in [-0.2, 0) is 11.2 Å². The minimum Gasteiger partial charge on any atom is -0.497 e. The average Bonchev–Trinajstić information content (AvgIpc) is 2.82. The number of benzene rings is 2. The van der Waals surface area contributed by atoms with Crippen molar-refractivity contribution in [1.82, 2.24) is 4.98 Å². The van der Waals surface area contributed by atoms with E-state index in [9.17, 15) is 28.1 Å². The number of anilines is 1. The predicted molar refractivity (Wildman–Crippen MR) is 119 cm³/mol. The van der Waals surface area contributed by atoms with Crippen LogP contribution in [0.25, 0.3) is 0 Å². The van der Waals surface area contributed by atoms with Crippen LogP contribution in [0.15, 0.2) is 72.9 Å². The van der Waals surface area contributed by atoms with Crippen LogP contribution in [0.4, 0.5) is 18.9 Å². The van der Waals surface area contributed by atoms with Crippen molar-refractivity contribution in [3.8, 4) is 5.75 Å². The second kappa shape index (κ2) is 10.5. The SMILES string of the molecule is COc1ccc(N(C(=O)C(F)(F)F)[C@H](c2ccccc2)[C@H](Cc2cccnc2Cl)[N+](=O)[O-])cc1. The first-order chi connectivity index (χ1) is 16.1. The lowest BCUT2D eigenvalue weighted by atomic mass is 9.92. The first kappa shape index (κ1) is 25.0. The lowest BCUT2D eigenvalue weighted by Gasteiger charge is -2.34. The van der Waals surface area contributed by atoms with Crippen LogP contribution in [0.2, 0.25) is 5.15 Å². The minimum absolute atomic E-state index is 0.0145. The molecule has 34 heavy (non-hydrogen) atoms. The van der Waals surface area contributed by atoms with Crippen LogP contribution >= 0.6 is 11.6 Å². The highest BCUT2D eigenvalue weighted by Gasteiger charge is 2.50. The van der Waals surface area contributed by atoms with Gasteiger partial charge in [-0.2, -0.15) is 13.2 Å². The summed E-state index contributed by atoms with van der Waals surface area (Å²) in [6, 6.07) is 12.5. The standard InChI is InChI=1S/C23H19ClF3N3O4/c1-34-18-11-9-17(10-12-18)29(22(31)23(25,26)27)20(15-6-3-2-4-7-15)19(30(32)33)14-16-8-5-13-28-21(16)24/h2-13,19-20H,14H2,1H3/t19-,20+/m0/s1. The van der Waals surface area contributed by atoms with Gasteiger partial charge >= 0.3 is 12.1 Å². The van der Waals surface area contributed by atoms with Crippen molar-refractivity contribution in [3.63, 3.8) is 0 Å². The molecule has 0 aliphatic carbocycles. The fourth-order valence-corrected chi connectivity index (χ4v) is 3.77. The van der Waals surface area contributed by atoms with Crippen molar-refractivity contribution >= 4 is 23.2 Å². The normalized spacial score (nSPS) is 13.1. The van der Waals surface area contributed by atoms with Crippen LogP contribution in [0.1, 0.15) is 17.2 Å². The molecule has 2 atom stereocenters. The second-order valence-electron chi connectivity index (χ2n) is 7.24. The molecule has 1 aromatic heterocycles. The number of carbonyl (C=O) groups excluding carboxylic acids is 1. The number of rotatable bonds is 8. The molecule has 3 rings (SSSR count). The third kappa shape index (κ3) is 5.63. The maximum atomic E-state index is 13.7.